The average molecular weight is 245 g/mol. The fourth-order valence-corrected chi connectivity index (χ4v) is 1.43. The molecule has 1 atom stereocenters. The van der Waals surface area contributed by atoms with Crippen LogP contribution in [0.3, 0.4) is 0 Å². The summed E-state index contributed by atoms with van der Waals surface area (Å²) in [5.74, 6) is -0.376. The van der Waals surface area contributed by atoms with E-state index in [1.807, 2.05) is 0 Å². The Labute approximate surface area is 99.4 Å². The van der Waals surface area contributed by atoms with Crippen LogP contribution in [-0.2, 0) is 16.0 Å². The highest BCUT2D eigenvalue weighted by atomic mass is 35.5. The van der Waals surface area contributed by atoms with Gasteiger partial charge in [0.05, 0.1) is 6.61 Å². The minimum atomic E-state index is -1.000. The first kappa shape index (κ1) is 13.0. The number of rotatable bonds is 5. The van der Waals surface area contributed by atoms with Gasteiger partial charge < -0.3 is 4.74 Å². The monoisotopic (exact) mass is 244 g/mol. The topological polar surface area (TPSA) is 26.3 Å². The molecular formula is C12H14ClFO2. The van der Waals surface area contributed by atoms with E-state index in [0.717, 1.165) is 5.56 Å². The van der Waals surface area contributed by atoms with Crippen LogP contribution in [0.15, 0.2) is 24.3 Å². The molecule has 16 heavy (non-hydrogen) atoms. The maximum absolute atomic E-state index is 13.4. The fraction of sp³-hybridized carbons (Fsp3) is 0.417. The summed E-state index contributed by atoms with van der Waals surface area (Å²) in [7, 11) is 0. The smallest absolute Gasteiger partial charge is 0.302 e. The van der Waals surface area contributed by atoms with Crippen LogP contribution in [0.4, 0.5) is 4.39 Å². The minimum Gasteiger partial charge on any atom is -0.466 e. The fourth-order valence-electron chi connectivity index (χ4n) is 1.31. The molecule has 1 unspecified atom stereocenters. The van der Waals surface area contributed by atoms with Gasteiger partial charge in [-0.05, 0) is 17.7 Å². The number of hydrogen-bond donors (Lipinski definition) is 0. The zero-order valence-electron chi connectivity index (χ0n) is 9.08. The Kier molecular flexibility index (Phi) is 5.26. The zero-order valence-corrected chi connectivity index (χ0v) is 9.84. The summed E-state index contributed by atoms with van der Waals surface area (Å²) in [5, 5.41) is 0.638. The quantitative estimate of drug-likeness (QED) is 0.744. The predicted molar refractivity (Wildman–Crippen MR) is 61.3 cm³/mol. The summed E-state index contributed by atoms with van der Waals surface area (Å²) in [4.78, 5) is 10.5. The molecule has 0 spiro atoms. The summed E-state index contributed by atoms with van der Waals surface area (Å²) in [5.41, 5.74) is 0.889. The molecule has 0 saturated carbocycles. The number of carbonyl (C=O) groups excluding carboxylic acids is 1. The normalized spacial score (nSPS) is 12.2. The van der Waals surface area contributed by atoms with Gasteiger partial charge in [0.15, 0.2) is 0 Å². The molecule has 0 aliphatic heterocycles. The van der Waals surface area contributed by atoms with Crippen LogP contribution in [0, 0.1) is 0 Å². The van der Waals surface area contributed by atoms with E-state index >= 15 is 0 Å². The Balaban J connectivity index is 2.31. The van der Waals surface area contributed by atoms with Crippen molar-refractivity contribution < 1.29 is 13.9 Å². The minimum absolute atomic E-state index is 0.129. The molecule has 0 saturated heterocycles. The van der Waals surface area contributed by atoms with Crippen molar-refractivity contribution in [3.63, 3.8) is 0 Å². The number of alkyl halides is 1. The standard InChI is InChI=1S/C12H14ClFO2/c1-9(15)16-7-6-12(14)8-10-2-4-11(13)5-3-10/h2-5,12H,6-8H2,1H3. The largest absolute Gasteiger partial charge is 0.466 e. The van der Waals surface area contributed by atoms with Gasteiger partial charge in [0.25, 0.3) is 0 Å². The van der Waals surface area contributed by atoms with Crippen molar-refractivity contribution in [2.45, 2.75) is 25.9 Å². The molecule has 0 amide bonds. The summed E-state index contributed by atoms with van der Waals surface area (Å²) >= 11 is 5.72. The lowest BCUT2D eigenvalue weighted by molar-refractivity contribution is -0.141. The van der Waals surface area contributed by atoms with E-state index in [4.69, 9.17) is 11.6 Å². The van der Waals surface area contributed by atoms with E-state index in [0.29, 0.717) is 11.4 Å². The number of carbonyl (C=O) groups is 1. The molecule has 0 N–H and O–H groups in total. The lowest BCUT2D eigenvalue weighted by Gasteiger charge is -2.08. The maximum Gasteiger partial charge on any atom is 0.302 e. The Morgan fingerprint density at radius 3 is 2.62 bits per heavy atom. The van der Waals surface area contributed by atoms with E-state index in [-0.39, 0.29) is 19.0 Å². The van der Waals surface area contributed by atoms with Gasteiger partial charge in [-0.25, -0.2) is 4.39 Å². The van der Waals surface area contributed by atoms with Gasteiger partial charge in [0.2, 0.25) is 0 Å². The lowest BCUT2D eigenvalue weighted by Crippen LogP contribution is -2.10. The van der Waals surface area contributed by atoms with Crippen LogP contribution >= 0.6 is 11.6 Å². The molecule has 0 aromatic heterocycles. The van der Waals surface area contributed by atoms with Gasteiger partial charge >= 0.3 is 5.97 Å². The van der Waals surface area contributed by atoms with E-state index in [2.05, 4.69) is 4.74 Å². The van der Waals surface area contributed by atoms with Crippen molar-refractivity contribution in [3.8, 4) is 0 Å². The van der Waals surface area contributed by atoms with Crippen molar-refractivity contribution in [2.24, 2.45) is 0 Å². The molecular weight excluding hydrogens is 231 g/mol. The first-order valence-corrected chi connectivity index (χ1v) is 5.47. The van der Waals surface area contributed by atoms with E-state index < -0.39 is 6.17 Å². The predicted octanol–water partition coefficient (Wildman–Crippen LogP) is 3.17. The van der Waals surface area contributed by atoms with Gasteiger partial charge in [-0.3, -0.25) is 4.79 Å². The molecule has 0 aliphatic carbocycles. The van der Waals surface area contributed by atoms with E-state index in [1.54, 1.807) is 24.3 Å². The highest BCUT2D eigenvalue weighted by Crippen LogP contribution is 2.13. The molecule has 0 fully saturated rings. The Morgan fingerprint density at radius 1 is 1.44 bits per heavy atom. The Bertz CT molecular complexity index is 337. The maximum atomic E-state index is 13.4. The van der Waals surface area contributed by atoms with Gasteiger partial charge in [0.1, 0.15) is 6.17 Å². The third-order valence-electron chi connectivity index (χ3n) is 2.11. The molecule has 0 aliphatic rings. The molecule has 1 rings (SSSR count). The van der Waals surface area contributed by atoms with Gasteiger partial charge in [0, 0.05) is 24.8 Å². The number of halogens is 2. The summed E-state index contributed by atoms with van der Waals surface area (Å²) in [6, 6.07) is 7.05. The summed E-state index contributed by atoms with van der Waals surface area (Å²) in [6.07, 6.45) is -0.457. The van der Waals surface area contributed by atoms with Crippen LogP contribution in [0.2, 0.25) is 5.02 Å². The Hall–Kier alpha value is -1.09. The van der Waals surface area contributed by atoms with Gasteiger partial charge in [-0.15, -0.1) is 0 Å². The van der Waals surface area contributed by atoms with Crippen LogP contribution < -0.4 is 0 Å². The zero-order chi connectivity index (χ0) is 12.0. The summed E-state index contributed by atoms with van der Waals surface area (Å²) in [6.45, 7) is 1.44. The first-order chi connectivity index (χ1) is 7.58. The third kappa shape index (κ3) is 5.12. The number of ether oxygens (including phenoxy) is 1. The van der Waals surface area contributed by atoms with Crippen molar-refractivity contribution in [1.29, 1.82) is 0 Å². The van der Waals surface area contributed by atoms with Crippen LogP contribution in [-0.4, -0.2) is 18.7 Å². The van der Waals surface area contributed by atoms with E-state index in [1.165, 1.54) is 6.92 Å². The van der Waals surface area contributed by atoms with Gasteiger partial charge in [-0.1, -0.05) is 23.7 Å². The molecule has 1 aromatic rings. The second kappa shape index (κ2) is 6.48. The second-order valence-corrected chi connectivity index (χ2v) is 3.99. The van der Waals surface area contributed by atoms with E-state index in [9.17, 15) is 9.18 Å². The van der Waals surface area contributed by atoms with Crippen LogP contribution in [0.5, 0.6) is 0 Å². The lowest BCUT2D eigenvalue weighted by atomic mass is 10.1. The molecule has 4 heteroatoms. The summed E-state index contributed by atoms with van der Waals surface area (Å²) < 4.78 is 18.1. The molecule has 88 valence electrons. The van der Waals surface area contributed by atoms with Crippen LogP contribution in [0.25, 0.3) is 0 Å². The number of benzene rings is 1. The SMILES string of the molecule is CC(=O)OCCC(F)Cc1ccc(Cl)cc1. The number of hydrogen-bond acceptors (Lipinski definition) is 2. The highest BCUT2D eigenvalue weighted by Gasteiger charge is 2.08. The van der Waals surface area contributed by atoms with Crippen molar-refractivity contribution in [2.75, 3.05) is 6.61 Å². The number of esters is 1. The molecule has 0 heterocycles. The average Bonchev–Trinajstić information content (AvgIpc) is 2.21. The van der Waals surface area contributed by atoms with Gasteiger partial charge in [-0.2, -0.15) is 0 Å². The van der Waals surface area contributed by atoms with Crippen molar-refractivity contribution in [3.05, 3.63) is 34.9 Å². The molecule has 0 bridgehead atoms. The second-order valence-electron chi connectivity index (χ2n) is 3.56. The van der Waals surface area contributed by atoms with Crippen molar-refractivity contribution >= 4 is 17.6 Å². The Morgan fingerprint density at radius 2 is 2.06 bits per heavy atom. The first-order valence-electron chi connectivity index (χ1n) is 5.10. The van der Waals surface area contributed by atoms with Crippen LogP contribution in [0.1, 0.15) is 18.9 Å². The third-order valence-corrected chi connectivity index (χ3v) is 2.36. The highest BCUT2D eigenvalue weighted by molar-refractivity contribution is 6.30. The molecule has 1 aromatic carbocycles. The molecule has 2 nitrogen and oxygen atoms in total. The molecule has 0 radical (unpaired) electrons. The van der Waals surface area contributed by atoms with Crippen molar-refractivity contribution in [1.82, 2.24) is 0 Å².